The maximum Gasteiger partial charge on any atom is 0.243 e. The largest absolute Gasteiger partial charge is 0.326 e. The van der Waals surface area contributed by atoms with E-state index >= 15 is 0 Å². The molecule has 0 aliphatic carbocycles. The molecule has 1 fully saturated rings. The van der Waals surface area contributed by atoms with Gasteiger partial charge in [-0.1, -0.05) is 12.5 Å². The lowest BCUT2D eigenvalue weighted by molar-refractivity contribution is 0.227. The Bertz CT molecular complexity index is 620. The molecular formula is C14H19N3O2S. The van der Waals surface area contributed by atoms with Crippen molar-refractivity contribution in [2.45, 2.75) is 43.2 Å². The first-order chi connectivity index (χ1) is 9.46. The second kappa shape index (κ2) is 5.92. The van der Waals surface area contributed by atoms with Gasteiger partial charge in [0.1, 0.15) is 0 Å². The summed E-state index contributed by atoms with van der Waals surface area (Å²) in [7, 11) is -3.59. The van der Waals surface area contributed by atoms with Crippen molar-refractivity contribution in [2.75, 3.05) is 6.54 Å². The fourth-order valence-corrected chi connectivity index (χ4v) is 4.44. The van der Waals surface area contributed by atoms with Crippen molar-refractivity contribution in [3.63, 3.8) is 0 Å². The van der Waals surface area contributed by atoms with E-state index in [9.17, 15) is 8.42 Å². The van der Waals surface area contributed by atoms with E-state index in [-0.39, 0.29) is 17.0 Å². The van der Waals surface area contributed by atoms with Crippen molar-refractivity contribution in [1.29, 1.82) is 5.26 Å². The summed E-state index contributed by atoms with van der Waals surface area (Å²) in [5, 5.41) is 8.90. The molecule has 0 aromatic heterocycles. The lowest BCUT2D eigenvalue weighted by atomic mass is 10.00. The zero-order valence-electron chi connectivity index (χ0n) is 11.5. The first kappa shape index (κ1) is 15.0. The number of sulfonamides is 1. The van der Waals surface area contributed by atoms with E-state index in [0.29, 0.717) is 12.1 Å². The first-order valence-electron chi connectivity index (χ1n) is 6.74. The molecule has 0 spiro atoms. The minimum Gasteiger partial charge on any atom is -0.326 e. The number of hydrogen-bond acceptors (Lipinski definition) is 4. The van der Waals surface area contributed by atoms with Crippen molar-refractivity contribution in [1.82, 2.24) is 4.31 Å². The maximum absolute atomic E-state index is 12.7. The van der Waals surface area contributed by atoms with Gasteiger partial charge in [0.15, 0.2) is 0 Å². The summed E-state index contributed by atoms with van der Waals surface area (Å²) in [6.45, 7) is 2.33. The third-order valence-corrected chi connectivity index (χ3v) is 5.60. The number of piperidine rings is 1. The Morgan fingerprint density at radius 1 is 1.45 bits per heavy atom. The number of rotatable bonds is 3. The summed E-state index contributed by atoms with van der Waals surface area (Å²) in [5.74, 6) is 0. The van der Waals surface area contributed by atoms with E-state index in [2.05, 4.69) is 0 Å². The summed E-state index contributed by atoms with van der Waals surface area (Å²) in [6.07, 6.45) is 2.63. The van der Waals surface area contributed by atoms with Crippen LogP contribution in [0.4, 0.5) is 0 Å². The van der Waals surface area contributed by atoms with Crippen LogP contribution >= 0.6 is 0 Å². The van der Waals surface area contributed by atoms with Crippen LogP contribution in [0.5, 0.6) is 0 Å². The summed E-state index contributed by atoms with van der Waals surface area (Å²) >= 11 is 0. The normalized spacial score (nSPS) is 22.1. The second-order valence-electron chi connectivity index (χ2n) is 5.18. The Hall–Kier alpha value is -1.42. The van der Waals surface area contributed by atoms with Gasteiger partial charge in [-0.15, -0.1) is 0 Å². The second-order valence-corrected chi connectivity index (χ2v) is 7.07. The van der Waals surface area contributed by atoms with Crippen molar-refractivity contribution in [2.24, 2.45) is 5.73 Å². The fourth-order valence-electron chi connectivity index (χ4n) is 2.62. The van der Waals surface area contributed by atoms with Gasteiger partial charge in [-0.3, -0.25) is 0 Å². The molecule has 6 heteroatoms. The van der Waals surface area contributed by atoms with Gasteiger partial charge in [-0.2, -0.15) is 9.57 Å². The Kier molecular flexibility index (Phi) is 4.43. The molecule has 20 heavy (non-hydrogen) atoms. The van der Waals surface area contributed by atoms with E-state index < -0.39 is 10.0 Å². The molecule has 1 aliphatic heterocycles. The maximum atomic E-state index is 12.7. The fraction of sp³-hybridized carbons (Fsp3) is 0.500. The van der Waals surface area contributed by atoms with E-state index in [4.69, 9.17) is 11.0 Å². The Balaban J connectivity index is 2.40. The molecule has 0 saturated carbocycles. The molecule has 1 saturated heterocycles. The van der Waals surface area contributed by atoms with Crippen LogP contribution in [0.2, 0.25) is 0 Å². The van der Waals surface area contributed by atoms with Crippen LogP contribution in [0.15, 0.2) is 29.2 Å². The number of nitrogens with two attached hydrogens (primary N) is 1. The molecule has 2 N–H and O–H groups in total. The van der Waals surface area contributed by atoms with Gasteiger partial charge in [-0.05, 0) is 38.0 Å². The standard InChI is InChI=1S/C14H19N3O2S/c1-11(16)14-7-2-3-8-17(14)20(18,19)13-6-4-5-12(9-13)10-15/h4-6,9,11,14H,2-3,7-8,16H2,1H3/t11-,14-/m1/s1. The van der Waals surface area contributed by atoms with Crippen molar-refractivity contribution in [3.05, 3.63) is 29.8 Å². The molecule has 5 nitrogen and oxygen atoms in total. The molecule has 0 amide bonds. The highest BCUT2D eigenvalue weighted by atomic mass is 32.2. The van der Waals surface area contributed by atoms with Crippen LogP contribution in [0, 0.1) is 11.3 Å². The molecule has 0 radical (unpaired) electrons. The molecule has 108 valence electrons. The SMILES string of the molecule is C[C@@H](N)[C@H]1CCCCN1S(=O)(=O)c1cccc(C#N)c1. The van der Waals surface area contributed by atoms with Crippen molar-refractivity contribution in [3.8, 4) is 6.07 Å². The van der Waals surface area contributed by atoms with Crippen LogP contribution in [-0.2, 0) is 10.0 Å². The summed E-state index contributed by atoms with van der Waals surface area (Å²) in [4.78, 5) is 0.170. The number of nitrogens with zero attached hydrogens (tertiary/aromatic N) is 2. The lowest BCUT2D eigenvalue weighted by Crippen LogP contribution is -2.51. The highest BCUT2D eigenvalue weighted by Gasteiger charge is 2.35. The van der Waals surface area contributed by atoms with E-state index in [1.807, 2.05) is 13.0 Å². The Labute approximate surface area is 120 Å². The van der Waals surface area contributed by atoms with Crippen LogP contribution in [0.25, 0.3) is 0 Å². The number of benzene rings is 1. The average Bonchev–Trinajstić information content (AvgIpc) is 2.47. The highest BCUT2D eigenvalue weighted by molar-refractivity contribution is 7.89. The zero-order valence-corrected chi connectivity index (χ0v) is 12.3. The minimum atomic E-state index is -3.59. The number of nitriles is 1. The monoisotopic (exact) mass is 293 g/mol. The predicted octanol–water partition coefficient (Wildman–Crippen LogP) is 1.45. The van der Waals surface area contributed by atoms with Crippen molar-refractivity contribution < 1.29 is 8.42 Å². The van der Waals surface area contributed by atoms with Gasteiger partial charge in [0, 0.05) is 18.6 Å². The van der Waals surface area contributed by atoms with E-state index in [0.717, 1.165) is 19.3 Å². The minimum absolute atomic E-state index is 0.167. The van der Waals surface area contributed by atoms with Gasteiger partial charge in [0.25, 0.3) is 0 Å². The molecule has 1 aliphatic rings. The Morgan fingerprint density at radius 2 is 2.20 bits per heavy atom. The zero-order chi connectivity index (χ0) is 14.8. The third-order valence-electron chi connectivity index (χ3n) is 3.67. The molecule has 0 unspecified atom stereocenters. The molecule has 1 aromatic rings. The average molecular weight is 293 g/mol. The highest BCUT2D eigenvalue weighted by Crippen LogP contribution is 2.26. The molecule has 0 bridgehead atoms. The molecule has 1 aromatic carbocycles. The van der Waals surface area contributed by atoms with Gasteiger partial charge < -0.3 is 5.73 Å². The lowest BCUT2D eigenvalue weighted by Gasteiger charge is -2.36. The molecule has 1 heterocycles. The predicted molar refractivity (Wildman–Crippen MR) is 76.3 cm³/mol. The quantitative estimate of drug-likeness (QED) is 0.913. The third kappa shape index (κ3) is 2.85. The van der Waals surface area contributed by atoms with Crippen molar-refractivity contribution >= 4 is 10.0 Å². The van der Waals surface area contributed by atoms with Crippen LogP contribution in [-0.4, -0.2) is 31.4 Å². The first-order valence-corrected chi connectivity index (χ1v) is 8.18. The van der Waals surface area contributed by atoms with Crippen LogP contribution in [0.1, 0.15) is 31.7 Å². The smallest absolute Gasteiger partial charge is 0.243 e. The Morgan fingerprint density at radius 3 is 2.85 bits per heavy atom. The van der Waals surface area contributed by atoms with Gasteiger partial charge in [0.2, 0.25) is 10.0 Å². The number of hydrogen-bond donors (Lipinski definition) is 1. The van der Waals surface area contributed by atoms with Gasteiger partial charge in [0.05, 0.1) is 16.5 Å². The molecule has 2 atom stereocenters. The summed E-state index contributed by atoms with van der Waals surface area (Å²) < 4.78 is 27.0. The van der Waals surface area contributed by atoms with Crippen LogP contribution in [0.3, 0.4) is 0 Å². The molecular weight excluding hydrogens is 274 g/mol. The van der Waals surface area contributed by atoms with E-state index in [1.165, 1.54) is 16.4 Å². The van der Waals surface area contributed by atoms with Gasteiger partial charge in [-0.25, -0.2) is 8.42 Å². The van der Waals surface area contributed by atoms with Crippen LogP contribution < -0.4 is 5.73 Å². The molecule has 2 rings (SSSR count). The topological polar surface area (TPSA) is 87.2 Å². The summed E-state index contributed by atoms with van der Waals surface area (Å²) in [6, 6.07) is 7.74. The summed E-state index contributed by atoms with van der Waals surface area (Å²) in [5.41, 5.74) is 6.28. The van der Waals surface area contributed by atoms with E-state index in [1.54, 1.807) is 12.1 Å². The van der Waals surface area contributed by atoms with Gasteiger partial charge >= 0.3 is 0 Å².